The summed E-state index contributed by atoms with van der Waals surface area (Å²) in [5, 5.41) is 0. The lowest BCUT2D eigenvalue weighted by atomic mass is 9.59. The van der Waals surface area contributed by atoms with Crippen LogP contribution in [0, 0.1) is 17.8 Å². The first kappa shape index (κ1) is 18.9. The predicted molar refractivity (Wildman–Crippen MR) is 90.0 cm³/mol. The summed E-state index contributed by atoms with van der Waals surface area (Å²) in [7, 11) is 0. The summed E-state index contributed by atoms with van der Waals surface area (Å²) < 4.78 is 52.9. The average molecular weight is 394 g/mol. The fraction of sp³-hybridized carbons (Fsp3) is 0.889. The first-order valence-corrected chi connectivity index (χ1v) is 10.5. The molecule has 2 bridgehead atoms. The Labute approximate surface area is 155 Å². The van der Waals surface area contributed by atoms with E-state index < -0.39 is 35.5 Å². The van der Waals surface area contributed by atoms with E-state index >= 15 is 0 Å². The van der Waals surface area contributed by atoms with Gasteiger partial charge in [-0.3, -0.25) is 0 Å². The largest absolute Gasteiger partial charge is 0.456 e. The molecule has 1 saturated carbocycles. The molecule has 5 rings (SSSR count). The van der Waals surface area contributed by atoms with E-state index in [0.717, 1.165) is 18.6 Å². The quantitative estimate of drug-likeness (QED) is 0.643. The number of alkyl halides is 3. The molecule has 1 spiro atoms. The van der Waals surface area contributed by atoms with Crippen LogP contribution in [-0.2, 0) is 19.2 Å². The third-order valence-electron chi connectivity index (χ3n) is 6.37. The number of allylic oxidation sites excluding steroid dienone is 1. The lowest BCUT2D eigenvalue weighted by molar-refractivity contribution is -0.557. The van der Waals surface area contributed by atoms with Gasteiger partial charge < -0.3 is 9.47 Å². The Hall–Kier alpha value is -0.440. The minimum atomic E-state index is -4.54. The number of halogens is 3. The Morgan fingerprint density at radius 2 is 1.96 bits per heavy atom. The van der Waals surface area contributed by atoms with Crippen molar-refractivity contribution in [3.63, 3.8) is 0 Å². The molecule has 4 aliphatic heterocycles. The molecule has 2 unspecified atom stereocenters. The Bertz CT molecular complexity index is 610. The van der Waals surface area contributed by atoms with E-state index in [1.54, 1.807) is 6.92 Å². The van der Waals surface area contributed by atoms with Crippen LogP contribution in [0.3, 0.4) is 0 Å². The van der Waals surface area contributed by atoms with Crippen LogP contribution >= 0.6 is 11.8 Å². The number of fused-ring (bicyclic) bond motifs is 2. The van der Waals surface area contributed by atoms with Crippen LogP contribution in [0.2, 0.25) is 0 Å². The minimum Gasteiger partial charge on any atom is -0.456 e. The highest BCUT2D eigenvalue weighted by Crippen LogP contribution is 2.61. The van der Waals surface area contributed by atoms with Gasteiger partial charge in [-0.05, 0) is 43.4 Å². The Kier molecular flexibility index (Phi) is 4.57. The van der Waals surface area contributed by atoms with Gasteiger partial charge >= 0.3 is 6.18 Å². The van der Waals surface area contributed by atoms with Gasteiger partial charge in [0.25, 0.3) is 0 Å². The van der Waals surface area contributed by atoms with Gasteiger partial charge in [-0.15, -0.1) is 0 Å². The fourth-order valence-corrected chi connectivity index (χ4v) is 5.87. The predicted octanol–water partition coefficient (Wildman–Crippen LogP) is 4.80. The van der Waals surface area contributed by atoms with Gasteiger partial charge in [0.2, 0.25) is 17.8 Å². The monoisotopic (exact) mass is 394 g/mol. The topological polar surface area (TPSA) is 36.9 Å². The second-order valence-corrected chi connectivity index (χ2v) is 9.24. The van der Waals surface area contributed by atoms with Crippen molar-refractivity contribution in [3.8, 4) is 0 Å². The molecule has 4 heterocycles. The first-order chi connectivity index (χ1) is 12.2. The summed E-state index contributed by atoms with van der Waals surface area (Å²) in [6.45, 7) is 5.79. The first-order valence-electron chi connectivity index (χ1n) is 9.30. The molecule has 148 valence electrons. The van der Waals surface area contributed by atoms with Crippen LogP contribution in [0.15, 0.2) is 11.3 Å². The number of ether oxygens (including phenoxy) is 2. The zero-order valence-electron chi connectivity index (χ0n) is 15.2. The van der Waals surface area contributed by atoms with E-state index in [1.165, 1.54) is 11.8 Å². The number of thioether (sulfide) groups is 1. The van der Waals surface area contributed by atoms with Gasteiger partial charge in [0.05, 0.1) is 0 Å². The molecule has 5 aliphatic rings. The molecule has 0 aromatic carbocycles. The van der Waals surface area contributed by atoms with Crippen molar-refractivity contribution < 1.29 is 32.4 Å². The molecule has 26 heavy (non-hydrogen) atoms. The van der Waals surface area contributed by atoms with Gasteiger partial charge in [0.1, 0.15) is 0 Å². The molecule has 0 N–H and O–H groups in total. The summed E-state index contributed by atoms with van der Waals surface area (Å²) in [6.07, 6.45) is -2.76. The lowest BCUT2D eigenvalue weighted by Gasteiger charge is -2.57. The molecule has 3 saturated heterocycles. The average Bonchev–Trinajstić information content (AvgIpc) is 2.80. The van der Waals surface area contributed by atoms with Gasteiger partial charge in [-0.1, -0.05) is 13.8 Å². The second kappa shape index (κ2) is 6.29. The molecule has 0 aromatic rings. The van der Waals surface area contributed by atoms with Crippen molar-refractivity contribution in [2.75, 3.05) is 11.5 Å². The standard InChI is InChI=1S/C18H25F3O4S/c1-4-26-9-11-13-6-5-10(2)12-7-8-16(3)23-15(17(12,13)25-24-16)22-14(11)18(19,20)21/h10,12-13,15H,4-9H2,1-3H3/t10-,12?,13+,15-,16+,17?/m1/s1. The molecular formula is C18H25F3O4S. The van der Waals surface area contributed by atoms with Crippen molar-refractivity contribution in [1.82, 2.24) is 0 Å². The van der Waals surface area contributed by atoms with Crippen molar-refractivity contribution in [2.45, 2.75) is 70.3 Å². The zero-order chi connectivity index (χ0) is 18.7. The lowest BCUT2D eigenvalue weighted by Crippen LogP contribution is -2.67. The van der Waals surface area contributed by atoms with Crippen LogP contribution in [0.5, 0.6) is 0 Å². The van der Waals surface area contributed by atoms with Crippen LogP contribution in [-0.4, -0.2) is 35.4 Å². The molecule has 0 amide bonds. The third kappa shape index (κ3) is 2.71. The van der Waals surface area contributed by atoms with Crippen molar-refractivity contribution in [1.29, 1.82) is 0 Å². The molecule has 8 heteroatoms. The van der Waals surface area contributed by atoms with Crippen LogP contribution in [0.1, 0.15) is 46.5 Å². The van der Waals surface area contributed by atoms with E-state index in [4.69, 9.17) is 19.2 Å². The van der Waals surface area contributed by atoms with E-state index in [1.807, 2.05) is 6.92 Å². The Balaban J connectivity index is 1.85. The zero-order valence-corrected chi connectivity index (χ0v) is 16.0. The summed E-state index contributed by atoms with van der Waals surface area (Å²) in [6, 6.07) is 0. The molecule has 4 fully saturated rings. The van der Waals surface area contributed by atoms with Gasteiger partial charge in [0.15, 0.2) is 5.60 Å². The van der Waals surface area contributed by atoms with E-state index in [0.29, 0.717) is 24.3 Å². The van der Waals surface area contributed by atoms with Gasteiger partial charge in [-0.2, -0.15) is 24.9 Å². The SMILES string of the molecule is CCSCC1=C(C(F)(F)F)O[C@@H]2O[C@]3(C)CCC4[C@H](C)CC[C@@H]1C42OO3. The number of hydrogen-bond acceptors (Lipinski definition) is 5. The summed E-state index contributed by atoms with van der Waals surface area (Å²) in [5.74, 6) is -0.961. The number of rotatable bonds is 3. The van der Waals surface area contributed by atoms with Crippen molar-refractivity contribution in [3.05, 3.63) is 11.3 Å². The minimum absolute atomic E-state index is 0.0481. The maximum atomic E-state index is 13.8. The van der Waals surface area contributed by atoms with Crippen LogP contribution in [0.25, 0.3) is 0 Å². The highest BCUT2D eigenvalue weighted by Gasteiger charge is 2.70. The van der Waals surface area contributed by atoms with Crippen LogP contribution in [0.4, 0.5) is 13.2 Å². The molecule has 0 aromatic heterocycles. The molecule has 0 radical (unpaired) electrons. The Morgan fingerprint density at radius 3 is 2.65 bits per heavy atom. The van der Waals surface area contributed by atoms with Gasteiger partial charge in [0, 0.05) is 24.0 Å². The fourth-order valence-electron chi connectivity index (χ4n) is 5.12. The van der Waals surface area contributed by atoms with Crippen LogP contribution < -0.4 is 0 Å². The van der Waals surface area contributed by atoms with Crippen molar-refractivity contribution in [2.24, 2.45) is 17.8 Å². The summed E-state index contributed by atoms with van der Waals surface area (Å²) >= 11 is 1.47. The molecule has 4 nitrogen and oxygen atoms in total. The van der Waals surface area contributed by atoms with Crippen molar-refractivity contribution >= 4 is 11.8 Å². The normalized spacial score (nSPS) is 45.2. The molecule has 6 atom stereocenters. The second-order valence-electron chi connectivity index (χ2n) is 7.96. The van der Waals surface area contributed by atoms with Gasteiger partial charge in [-0.25, -0.2) is 9.78 Å². The highest BCUT2D eigenvalue weighted by molar-refractivity contribution is 7.99. The maximum absolute atomic E-state index is 13.8. The smallest absolute Gasteiger partial charge is 0.449 e. The highest BCUT2D eigenvalue weighted by atomic mass is 32.2. The van der Waals surface area contributed by atoms with E-state index in [-0.39, 0.29) is 11.7 Å². The number of hydrogen-bond donors (Lipinski definition) is 0. The van der Waals surface area contributed by atoms with E-state index in [9.17, 15) is 13.2 Å². The Morgan fingerprint density at radius 1 is 1.19 bits per heavy atom. The maximum Gasteiger partial charge on any atom is 0.449 e. The molecule has 1 aliphatic carbocycles. The van der Waals surface area contributed by atoms with E-state index in [2.05, 4.69) is 6.92 Å². The summed E-state index contributed by atoms with van der Waals surface area (Å²) in [4.78, 5) is 11.5. The molecular weight excluding hydrogens is 369 g/mol. The summed E-state index contributed by atoms with van der Waals surface area (Å²) in [5.41, 5.74) is -0.693. The third-order valence-corrected chi connectivity index (χ3v) is 7.30.